The van der Waals surface area contributed by atoms with Crippen LogP contribution in [0.2, 0.25) is 0 Å². The number of carbonyl (C=O) groups is 2. The summed E-state index contributed by atoms with van der Waals surface area (Å²) >= 11 is 0. The number of unbranched alkanes of at least 4 members (excludes halogenated alkanes) is 1. The minimum absolute atomic E-state index is 0.218. The molecule has 1 unspecified atom stereocenters. The molecule has 166 valence electrons. The van der Waals surface area contributed by atoms with Gasteiger partial charge in [-0.15, -0.1) is 0 Å². The van der Waals surface area contributed by atoms with Gasteiger partial charge in [0, 0.05) is 13.0 Å². The zero-order valence-electron chi connectivity index (χ0n) is 18.5. The summed E-state index contributed by atoms with van der Waals surface area (Å²) in [5, 5.41) is 21.7. The summed E-state index contributed by atoms with van der Waals surface area (Å²) < 4.78 is 4.63. The summed E-state index contributed by atoms with van der Waals surface area (Å²) in [6.07, 6.45) is 10.5. The lowest BCUT2D eigenvalue weighted by Gasteiger charge is -2.19. The molecule has 1 amide bonds. The first-order chi connectivity index (χ1) is 13.9. The van der Waals surface area contributed by atoms with Crippen LogP contribution in [-0.4, -0.2) is 67.1 Å². The van der Waals surface area contributed by atoms with Crippen molar-refractivity contribution < 1.29 is 24.4 Å². The van der Waals surface area contributed by atoms with E-state index >= 15 is 0 Å². The van der Waals surface area contributed by atoms with E-state index in [4.69, 9.17) is 0 Å². The van der Waals surface area contributed by atoms with Crippen LogP contribution in [0.3, 0.4) is 0 Å². The van der Waals surface area contributed by atoms with Gasteiger partial charge in [-0.3, -0.25) is 9.59 Å². The van der Waals surface area contributed by atoms with Gasteiger partial charge in [-0.1, -0.05) is 51.2 Å². The molecule has 0 aliphatic carbocycles. The van der Waals surface area contributed by atoms with Crippen LogP contribution in [-0.2, 0) is 14.3 Å². The van der Waals surface area contributed by atoms with Gasteiger partial charge in [-0.05, 0) is 45.4 Å². The predicted octanol–water partition coefficient (Wildman–Crippen LogP) is 2.25. The lowest BCUT2D eigenvalue weighted by molar-refractivity contribution is -0.129. The van der Waals surface area contributed by atoms with E-state index in [1.165, 1.54) is 6.42 Å². The van der Waals surface area contributed by atoms with E-state index < -0.39 is 13.1 Å². The highest BCUT2D eigenvalue weighted by atomic mass is 16.5. The largest absolute Gasteiger partial charge is 0.475 e. The molecule has 0 aromatic heterocycles. The van der Waals surface area contributed by atoms with Crippen molar-refractivity contribution in [3.8, 4) is 0 Å². The molecule has 0 radical (unpaired) electrons. The van der Waals surface area contributed by atoms with Crippen molar-refractivity contribution in [3.05, 3.63) is 36.5 Å². The Morgan fingerprint density at radius 1 is 1.28 bits per heavy atom. The average Bonchev–Trinajstić information content (AvgIpc) is 2.68. The molecule has 0 saturated carbocycles. The number of likely N-dealkylation sites (N-methyl/N-ethyl adjacent to an activating group) is 1. The molecule has 0 aromatic carbocycles. The molecule has 0 aliphatic heterocycles. The van der Waals surface area contributed by atoms with Crippen molar-refractivity contribution >= 4 is 19.5 Å². The standard InChI is InChI=1S/C18H31BN2O5.C3H8/c1-4-6-9-16(5-2)14-17(19(24)25)20-18(23)10-7-8-11-21(3)12-13-26-15-22;1-3-2/h4-6,9,15,17,24-25H,2,7-8,10-14H2,1,3H3,(H,20,23);3H2,1-2H3/b6-4-,16-9+;. The zero-order valence-corrected chi connectivity index (χ0v) is 18.5. The van der Waals surface area contributed by atoms with E-state index in [1.54, 1.807) is 6.08 Å². The normalized spacial score (nSPS) is 12.2. The van der Waals surface area contributed by atoms with Crippen LogP contribution in [0.1, 0.15) is 52.9 Å². The second kappa shape index (κ2) is 20.8. The fourth-order valence-corrected chi connectivity index (χ4v) is 2.24. The smallest absolute Gasteiger partial charge is 0.467 e. The van der Waals surface area contributed by atoms with Crippen molar-refractivity contribution in [3.63, 3.8) is 0 Å². The number of carbonyl (C=O) groups excluding carboxylic acids is 2. The highest BCUT2D eigenvalue weighted by Crippen LogP contribution is 2.09. The number of ether oxygens (including phenoxy) is 1. The van der Waals surface area contributed by atoms with Gasteiger partial charge in [-0.2, -0.15) is 0 Å². The van der Waals surface area contributed by atoms with Gasteiger partial charge >= 0.3 is 7.12 Å². The molecule has 0 aromatic rings. The molecule has 0 bridgehead atoms. The Morgan fingerprint density at radius 2 is 1.93 bits per heavy atom. The van der Waals surface area contributed by atoms with Crippen molar-refractivity contribution in [2.45, 2.75) is 58.8 Å². The maximum Gasteiger partial charge on any atom is 0.475 e. The summed E-state index contributed by atoms with van der Waals surface area (Å²) in [6.45, 7) is 12.0. The first kappa shape index (κ1) is 29.3. The lowest BCUT2D eigenvalue weighted by atomic mass is 9.75. The van der Waals surface area contributed by atoms with E-state index in [2.05, 4.69) is 30.5 Å². The highest BCUT2D eigenvalue weighted by Gasteiger charge is 2.25. The van der Waals surface area contributed by atoms with E-state index in [1.807, 2.05) is 37.1 Å². The highest BCUT2D eigenvalue weighted by molar-refractivity contribution is 6.43. The number of hydrogen-bond donors (Lipinski definition) is 3. The third-order valence-electron chi connectivity index (χ3n) is 3.78. The topological polar surface area (TPSA) is 99.1 Å². The SMILES string of the molecule is C=C/C(=C\C=C/C)CC(NC(=O)CCCCN(C)CCOC=O)B(O)O.CCC. The second-order valence-electron chi connectivity index (χ2n) is 6.70. The van der Waals surface area contributed by atoms with Crippen LogP contribution >= 0.6 is 0 Å². The van der Waals surface area contributed by atoms with E-state index in [9.17, 15) is 19.6 Å². The number of nitrogens with one attached hydrogen (secondary N) is 1. The quantitative estimate of drug-likeness (QED) is 0.166. The summed E-state index contributed by atoms with van der Waals surface area (Å²) in [7, 11) is 0.275. The Labute approximate surface area is 176 Å². The Morgan fingerprint density at radius 3 is 2.45 bits per heavy atom. The fraction of sp³-hybridized carbons (Fsp3) is 0.619. The Hall–Kier alpha value is -1.90. The Balaban J connectivity index is 0. The van der Waals surface area contributed by atoms with Crippen LogP contribution in [0, 0.1) is 0 Å². The molecule has 29 heavy (non-hydrogen) atoms. The maximum atomic E-state index is 12.0. The second-order valence-corrected chi connectivity index (χ2v) is 6.70. The number of rotatable bonds is 15. The molecule has 1 atom stereocenters. The molecule has 0 fully saturated rings. The van der Waals surface area contributed by atoms with Crippen LogP contribution in [0.5, 0.6) is 0 Å². The molecule has 0 spiro atoms. The van der Waals surface area contributed by atoms with Gasteiger partial charge in [0.25, 0.3) is 6.47 Å². The number of allylic oxidation sites excluding steroid dienone is 4. The van der Waals surface area contributed by atoms with E-state index in [0.717, 1.165) is 18.5 Å². The minimum atomic E-state index is -1.64. The lowest BCUT2D eigenvalue weighted by Crippen LogP contribution is -2.46. The third kappa shape index (κ3) is 19.2. The van der Waals surface area contributed by atoms with Gasteiger partial charge in [0.15, 0.2) is 0 Å². The van der Waals surface area contributed by atoms with Crippen LogP contribution in [0.15, 0.2) is 36.5 Å². The summed E-state index contributed by atoms with van der Waals surface area (Å²) in [4.78, 5) is 24.1. The van der Waals surface area contributed by atoms with Crippen molar-refractivity contribution in [2.24, 2.45) is 0 Å². The monoisotopic (exact) mass is 410 g/mol. The molecule has 3 N–H and O–H groups in total. The molecular formula is C21H39BN2O5. The molecule has 0 saturated heterocycles. The number of nitrogens with zero attached hydrogens (tertiary/aromatic N) is 1. The van der Waals surface area contributed by atoms with Crippen LogP contribution in [0.25, 0.3) is 0 Å². The van der Waals surface area contributed by atoms with Crippen molar-refractivity contribution in [1.29, 1.82) is 0 Å². The number of amides is 1. The van der Waals surface area contributed by atoms with Crippen LogP contribution in [0.4, 0.5) is 0 Å². The van der Waals surface area contributed by atoms with E-state index in [-0.39, 0.29) is 12.3 Å². The summed E-state index contributed by atoms with van der Waals surface area (Å²) in [6, 6.07) is 0. The Bertz CT molecular complexity index is 495. The molecular weight excluding hydrogens is 371 g/mol. The van der Waals surface area contributed by atoms with Gasteiger partial charge in [0.1, 0.15) is 6.61 Å². The first-order valence-electron chi connectivity index (χ1n) is 10.2. The van der Waals surface area contributed by atoms with Crippen molar-refractivity contribution in [1.82, 2.24) is 10.2 Å². The molecule has 0 aliphatic rings. The minimum Gasteiger partial charge on any atom is -0.467 e. The number of hydrogen-bond acceptors (Lipinski definition) is 6. The summed E-state index contributed by atoms with van der Waals surface area (Å²) in [5.74, 6) is -0.996. The predicted molar refractivity (Wildman–Crippen MR) is 119 cm³/mol. The van der Waals surface area contributed by atoms with Crippen LogP contribution < -0.4 is 5.32 Å². The zero-order chi connectivity index (χ0) is 22.5. The molecule has 0 rings (SSSR count). The first-order valence-corrected chi connectivity index (χ1v) is 10.2. The van der Waals surface area contributed by atoms with Gasteiger partial charge in [0.05, 0.1) is 5.94 Å². The van der Waals surface area contributed by atoms with Gasteiger partial charge in [-0.25, -0.2) is 0 Å². The van der Waals surface area contributed by atoms with Crippen molar-refractivity contribution in [2.75, 3.05) is 26.7 Å². The fourth-order valence-electron chi connectivity index (χ4n) is 2.24. The van der Waals surface area contributed by atoms with E-state index in [0.29, 0.717) is 32.5 Å². The third-order valence-corrected chi connectivity index (χ3v) is 3.78. The summed E-state index contributed by atoms with van der Waals surface area (Å²) in [5.41, 5.74) is 0.806. The molecule has 0 heterocycles. The maximum absolute atomic E-state index is 12.0. The van der Waals surface area contributed by atoms with Gasteiger partial charge in [0.2, 0.25) is 5.91 Å². The molecule has 7 nitrogen and oxygen atoms in total. The van der Waals surface area contributed by atoms with Gasteiger partial charge < -0.3 is 25.0 Å². The Kier molecular flexibility index (Phi) is 21.1. The average molecular weight is 410 g/mol. The molecule has 8 heteroatoms.